The number of halogens is 3. The van der Waals surface area contributed by atoms with E-state index in [2.05, 4.69) is 17.4 Å². The highest BCUT2D eigenvalue weighted by molar-refractivity contribution is 6.35. The molecule has 3 aromatic carbocycles. The number of nitrogens with one attached hydrogen (secondary N) is 2. The first-order valence-corrected chi connectivity index (χ1v) is 13.6. The number of carbonyl (C=O) groups is 1. The van der Waals surface area contributed by atoms with Crippen LogP contribution in [0.2, 0.25) is 10.0 Å². The fourth-order valence-corrected chi connectivity index (χ4v) is 4.88. The number of carbonyl (C=O) groups excluding carboxylic acids is 1. The molecule has 0 aliphatic carbocycles. The summed E-state index contributed by atoms with van der Waals surface area (Å²) in [4.78, 5) is 18.6. The summed E-state index contributed by atoms with van der Waals surface area (Å²) in [6, 6.07) is 18.5. The topological polar surface area (TPSA) is 92.2 Å². The van der Waals surface area contributed by atoms with Crippen molar-refractivity contribution in [1.82, 2.24) is 10.9 Å². The van der Waals surface area contributed by atoms with Crippen LogP contribution in [0.1, 0.15) is 35.6 Å². The summed E-state index contributed by atoms with van der Waals surface area (Å²) in [5, 5.41) is 9.74. The Morgan fingerprint density at radius 2 is 1.95 bits per heavy atom. The maximum absolute atomic E-state index is 14.0. The molecule has 1 amide bonds. The van der Waals surface area contributed by atoms with Gasteiger partial charge in [-0.2, -0.15) is 0 Å². The van der Waals surface area contributed by atoms with Gasteiger partial charge in [-0.1, -0.05) is 53.5 Å². The smallest absolute Gasteiger partial charge is 0.266 e. The summed E-state index contributed by atoms with van der Waals surface area (Å²) < 4.78 is 25.9. The summed E-state index contributed by atoms with van der Waals surface area (Å²) in [6.45, 7) is 4.57. The van der Waals surface area contributed by atoms with Crippen molar-refractivity contribution in [3.63, 3.8) is 0 Å². The van der Waals surface area contributed by atoms with Crippen molar-refractivity contribution in [2.45, 2.75) is 30.9 Å². The average molecular weight is 586 g/mol. The second-order valence-electron chi connectivity index (χ2n) is 9.17. The zero-order valence-corrected chi connectivity index (χ0v) is 23.2. The first kappa shape index (κ1) is 29.6. The molecule has 3 aromatic rings. The molecule has 10 heteroatoms. The van der Waals surface area contributed by atoms with Crippen molar-refractivity contribution in [2.24, 2.45) is 4.99 Å². The monoisotopic (exact) mass is 585 g/mol. The molecule has 0 bridgehead atoms. The third kappa shape index (κ3) is 6.82. The van der Waals surface area contributed by atoms with Gasteiger partial charge in [0.1, 0.15) is 11.6 Å². The Labute approximate surface area is 242 Å². The van der Waals surface area contributed by atoms with Gasteiger partial charge in [0.2, 0.25) is 5.90 Å². The molecule has 0 aromatic heterocycles. The third-order valence-electron chi connectivity index (χ3n) is 6.41. The van der Waals surface area contributed by atoms with Crippen LogP contribution < -0.4 is 15.6 Å². The fourth-order valence-electron chi connectivity index (χ4n) is 4.38. The number of aliphatic imine (C=N–C) groups is 1. The molecule has 1 heterocycles. The van der Waals surface area contributed by atoms with E-state index in [9.17, 15) is 9.18 Å². The highest BCUT2D eigenvalue weighted by atomic mass is 35.5. The van der Waals surface area contributed by atoms with Crippen LogP contribution in [0.3, 0.4) is 0 Å². The Bertz CT molecular complexity index is 1370. The minimum absolute atomic E-state index is 0.0445. The number of benzene rings is 3. The van der Waals surface area contributed by atoms with E-state index in [1.807, 2.05) is 0 Å². The lowest BCUT2D eigenvalue weighted by Gasteiger charge is -2.30. The number of ether oxygens (including phenoxy) is 2. The van der Waals surface area contributed by atoms with Crippen LogP contribution in [0.15, 0.2) is 84.4 Å². The normalized spacial score (nSPS) is 18.1. The van der Waals surface area contributed by atoms with Crippen molar-refractivity contribution in [3.05, 3.63) is 112 Å². The first-order valence-electron chi connectivity index (χ1n) is 12.8. The van der Waals surface area contributed by atoms with Gasteiger partial charge in [0.25, 0.3) is 5.91 Å². The van der Waals surface area contributed by atoms with Crippen molar-refractivity contribution in [1.29, 1.82) is 0 Å². The summed E-state index contributed by atoms with van der Waals surface area (Å²) >= 11 is 12.7. The third-order valence-corrected chi connectivity index (χ3v) is 6.97. The largest absolute Gasteiger partial charge is 0.494 e. The number of hydrogen-bond acceptors (Lipinski definition) is 6. The second-order valence-corrected chi connectivity index (χ2v) is 10.0. The molecule has 2 atom stereocenters. The SMILES string of the molecule is C=CC[C@]1(C(=O)NNCCc2ccccc2F)N=C(c2ccc(OCCCO)cc2)O[C@H]1c1ccc(Cl)cc1Cl. The Balaban J connectivity index is 1.60. The van der Waals surface area contributed by atoms with E-state index >= 15 is 0 Å². The van der Waals surface area contributed by atoms with Crippen LogP contribution in [-0.2, 0) is 16.0 Å². The predicted molar refractivity (Wildman–Crippen MR) is 154 cm³/mol. The van der Waals surface area contributed by atoms with Crippen molar-refractivity contribution >= 4 is 35.0 Å². The van der Waals surface area contributed by atoms with Gasteiger partial charge in [0.05, 0.1) is 6.61 Å². The standard InChI is InChI=1S/C30H30Cl2FN3O4/c1-2-15-30(29(38)36-34-16-14-20-6-3-4-7-26(20)33)27(24-13-10-22(31)19-25(24)32)40-28(35-30)21-8-11-23(12-9-21)39-18-5-17-37/h2-4,6-13,19,27,34,37H,1,5,14-18H2,(H,36,38)/t27-,30-/m0/s1. The van der Waals surface area contributed by atoms with E-state index in [1.165, 1.54) is 6.07 Å². The number of amides is 1. The van der Waals surface area contributed by atoms with E-state index in [-0.39, 0.29) is 24.7 Å². The van der Waals surface area contributed by atoms with Crippen LogP contribution >= 0.6 is 23.2 Å². The van der Waals surface area contributed by atoms with E-state index in [4.69, 9.17) is 42.8 Å². The highest BCUT2D eigenvalue weighted by Crippen LogP contribution is 2.45. The molecule has 0 spiro atoms. The minimum atomic E-state index is -1.45. The van der Waals surface area contributed by atoms with E-state index in [1.54, 1.807) is 66.7 Å². The number of hydrogen-bond donors (Lipinski definition) is 3. The quantitative estimate of drug-likeness (QED) is 0.138. The minimum Gasteiger partial charge on any atom is -0.494 e. The fraction of sp³-hybridized carbons (Fsp3) is 0.267. The van der Waals surface area contributed by atoms with Gasteiger partial charge in [-0.15, -0.1) is 6.58 Å². The zero-order valence-electron chi connectivity index (χ0n) is 21.7. The summed E-state index contributed by atoms with van der Waals surface area (Å²) in [6.07, 6.45) is 1.74. The van der Waals surface area contributed by atoms with Gasteiger partial charge in [-0.3, -0.25) is 10.2 Å². The zero-order chi connectivity index (χ0) is 28.5. The molecule has 0 fully saturated rings. The van der Waals surface area contributed by atoms with Crippen molar-refractivity contribution < 1.29 is 23.8 Å². The summed E-state index contributed by atoms with van der Waals surface area (Å²) in [5.41, 5.74) is 5.87. The number of nitrogens with zero attached hydrogens (tertiary/aromatic N) is 1. The maximum Gasteiger partial charge on any atom is 0.266 e. The van der Waals surface area contributed by atoms with Gasteiger partial charge in [0, 0.05) is 47.2 Å². The molecule has 3 N–H and O–H groups in total. The van der Waals surface area contributed by atoms with E-state index in [0.717, 1.165) is 0 Å². The first-order chi connectivity index (χ1) is 19.4. The van der Waals surface area contributed by atoms with Gasteiger partial charge < -0.3 is 14.6 Å². The number of aliphatic hydroxyl groups is 1. The van der Waals surface area contributed by atoms with Gasteiger partial charge in [-0.05, 0) is 54.4 Å². The van der Waals surface area contributed by atoms with Crippen LogP contribution in [0.4, 0.5) is 4.39 Å². The predicted octanol–water partition coefficient (Wildman–Crippen LogP) is 5.59. The average Bonchev–Trinajstić information content (AvgIpc) is 3.33. The molecule has 4 rings (SSSR count). The summed E-state index contributed by atoms with van der Waals surface area (Å²) in [5.74, 6) is 0.110. The van der Waals surface area contributed by atoms with Crippen LogP contribution in [-0.4, -0.2) is 42.2 Å². The second kappa shape index (κ2) is 13.8. The molecule has 0 saturated heterocycles. The lowest BCUT2D eigenvalue weighted by Crippen LogP contribution is -2.52. The Kier molecular flexibility index (Phi) is 10.2. The lowest BCUT2D eigenvalue weighted by atomic mass is 9.84. The number of rotatable bonds is 13. The van der Waals surface area contributed by atoms with Crippen LogP contribution in [0.25, 0.3) is 0 Å². The van der Waals surface area contributed by atoms with Crippen LogP contribution in [0.5, 0.6) is 5.75 Å². The highest BCUT2D eigenvalue weighted by Gasteiger charge is 2.53. The molecule has 1 aliphatic rings. The van der Waals surface area contributed by atoms with Gasteiger partial charge >= 0.3 is 0 Å². The van der Waals surface area contributed by atoms with Gasteiger partial charge in [-0.25, -0.2) is 14.8 Å². The van der Waals surface area contributed by atoms with E-state index < -0.39 is 17.6 Å². The molecule has 0 radical (unpaired) electrons. The molecule has 7 nitrogen and oxygen atoms in total. The van der Waals surface area contributed by atoms with E-state index in [0.29, 0.717) is 58.5 Å². The van der Waals surface area contributed by atoms with Crippen molar-refractivity contribution in [3.8, 4) is 5.75 Å². The molecular weight excluding hydrogens is 556 g/mol. The molecule has 0 unspecified atom stereocenters. The number of aliphatic hydroxyl groups excluding tert-OH is 1. The van der Waals surface area contributed by atoms with Crippen molar-refractivity contribution in [2.75, 3.05) is 19.8 Å². The Morgan fingerprint density at radius 3 is 2.65 bits per heavy atom. The lowest BCUT2D eigenvalue weighted by molar-refractivity contribution is -0.129. The molecule has 210 valence electrons. The molecule has 40 heavy (non-hydrogen) atoms. The molecular formula is C30H30Cl2FN3O4. The number of hydrazine groups is 1. The maximum atomic E-state index is 14.0. The molecule has 1 aliphatic heterocycles. The molecule has 0 saturated carbocycles. The Morgan fingerprint density at radius 1 is 1.18 bits per heavy atom. The Hall–Kier alpha value is -3.43. The van der Waals surface area contributed by atoms with Crippen LogP contribution in [0, 0.1) is 5.82 Å². The summed E-state index contributed by atoms with van der Waals surface area (Å²) in [7, 11) is 0. The van der Waals surface area contributed by atoms with Gasteiger partial charge in [0.15, 0.2) is 11.6 Å².